The molecule has 0 bridgehead atoms. The lowest BCUT2D eigenvalue weighted by Gasteiger charge is -2.07. The Morgan fingerprint density at radius 2 is 2.15 bits per heavy atom. The van der Waals surface area contributed by atoms with Gasteiger partial charge < -0.3 is 4.57 Å². The Hall–Kier alpha value is -1.17. The highest BCUT2D eigenvalue weighted by atomic mass is 35.5. The molecular formula is C13H12Cl2N4S. The number of rotatable bonds is 3. The fourth-order valence-corrected chi connectivity index (χ4v) is 3.17. The van der Waals surface area contributed by atoms with Gasteiger partial charge in [0.1, 0.15) is 16.3 Å². The average Bonchev–Trinajstić information content (AvgIpc) is 2.94. The average molecular weight is 327 g/mol. The summed E-state index contributed by atoms with van der Waals surface area (Å²) in [4.78, 5) is 14.5. The lowest BCUT2D eigenvalue weighted by atomic mass is 10.4. The Balaban J connectivity index is 2.13. The molecule has 3 heterocycles. The standard InChI is InChI=1S/C13H12Cl2N4S/c1-7-4-16-11(20-7)6-19-12(8(2)14)18-10-3-9(15)5-17-13(10)19/h3-5,8H,6H2,1-2H3. The molecule has 3 aromatic heterocycles. The van der Waals surface area contributed by atoms with E-state index in [1.54, 1.807) is 23.6 Å². The number of aromatic nitrogens is 4. The zero-order chi connectivity index (χ0) is 14.3. The van der Waals surface area contributed by atoms with E-state index in [2.05, 4.69) is 15.0 Å². The second kappa shape index (κ2) is 5.31. The highest BCUT2D eigenvalue weighted by Gasteiger charge is 2.17. The molecule has 0 saturated heterocycles. The topological polar surface area (TPSA) is 43.6 Å². The van der Waals surface area contributed by atoms with Crippen LogP contribution in [0.3, 0.4) is 0 Å². The molecule has 0 aromatic carbocycles. The molecule has 0 radical (unpaired) electrons. The van der Waals surface area contributed by atoms with Crippen LogP contribution in [0.25, 0.3) is 11.2 Å². The molecule has 7 heteroatoms. The number of hydrogen-bond acceptors (Lipinski definition) is 4. The molecule has 3 aromatic rings. The van der Waals surface area contributed by atoms with E-state index in [0.29, 0.717) is 11.6 Å². The van der Waals surface area contributed by atoms with Crippen LogP contribution in [0.1, 0.15) is 28.0 Å². The van der Waals surface area contributed by atoms with Gasteiger partial charge in [0.15, 0.2) is 5.65 Å². The van der Waals surface area contributed by atoms with Gasteiger partial charge >= 0.3 is 0 Å². The van der Waals surface area contributed by atoms with E-state index >= 15 is 0 Å². The molecular weight excluding hydrogens is 315 g/mol. The summed E-state index contributed by atoms with van der Waals surface area (Å²) < 4.78 is 2.00. The van der Waals surface area contributed by atoms with Gasteiger partial charge in [0.05, 0.1) is 16.9 Å². The molecule has 0 aliphatic rings. The summed E-state index contributed by atoms with van der Waals surface area (Å²) in [5, 5.41) is 1.38. The van der Waals surface area contributed by atoms with Crippen LogP contribution in [0.4, 0.5) is 0 Å². The smallest absolute Gasteiger partial charge is 0.160 e. The molecule has 0 spiro atoms. The van der Waals surface area contributed by atoms with Crippen LogP contribution < -0.4 is 0 Å². The van der Waals surface area contributed by atoms with Gasteiger partial charge in [-0.15, -0.1) is 22.9 Å². The predicted octanol–water partition coefficient (Wildman–Crippen LogP) is 4.20. The molecule has 3 rings (SSSR count). The minimum absolute atomic E-state index is 0.205. The van der Waals surface area contributed by atoms with Gasteiger partial charge in [0.25, 0.3) is 0 Å². The summed E-state index contributed by atoms with van der Waals surface area (Å²) >= 11 is 13.9. The summed E-state index contributed by atoms with van der Waals surface area (Å²) in [5.41, 5.74) is 1.54. The molecule has 0 amide bonds. The van der Waals surface area contributed by atoms with Crippen molar-refractivity contribution >= 4 is 45.7 Å². The zero-order valence-electron chi connectivity index (χ0n) is 11.0. The van der Waals surface area contributed by atoms with Gasteiger partial charge in [-0.2, -0.15) is 0 Å². The number of pyridine rings is 1. The molecule has 0 aliphatic heterocycles. The summed E-state index contributed by atoms with van der Waals surface area (Å²) in [6.07, 6.45) is 3.49. The number of aryl methyl sites for hydroxylation is 1. The van der Waals surface area contributed by atoms with Crippen LogP contribution in [-0.2, 0) is 6.54 Å². The lowest BCUT2D eigenvalue weighted by Crippen LogP contribution is -2.06. The first-order valence-corrected chi connectivity index (χ1v) is 7.74. The van der Waals surface area contributed by atoms with Crippen molar-refractivity contribution in [3.63, 3.8) is 0 Å². The van der Waals surface area contributed by atoms with Crippen molar-refractivity contribution in [3.05, 3.63) is 39.2 Å². The maximum atomic E-state index is 6.23. The summed E-state index contributed by atoms with van der Waals surface area (Å²) in [6, 6.07) is 1.80. The fourth-order valence-electron chi connectivity index (χ4n) is 2.07. The second-order valence-corrected chi connectivity index (χ2v) is 6.94. The Labute approximate surface area is 130 Å². The molecule has 0 aliphatic carbocycles. The highest BCUT2D eigenvalue weighted by molar-refractivity contribution is 7.11. The number of imidazole rings is 1. The number of halogens is 2. The van der Waals surface area contributed by atoms with E-state index in [1.165, 1.54) is 4.88 Å². The van der Waals surface area contributed by atoms with Crippen molar-refractivity contribution in [2.45, 2.75) is 25.8 Å². The second-order valence-electron chi connectivity index (χ2n) is 4.53. The molecule has 4 nitrogen and oxygen atoms in total. The third kappa shape index (κ3) is 2.53. The highest BCUT2D eigenvalue weighted by Crippen LogP contribution is 2.26. The normalized spacial score (nSPS) is 13.0. The number of alkyl halides is 1. The molecule has 1 unspecified atom stereocenters. The van der Waals surface area contributed by atoms with E-state index in [1.807, 2.05) is 24.6 Å². The number of thiazole rings is 1. The van der Waals surface area contributed by atoms with Gasteiger partial charge in [0, 0.05) is 17.3 Å². The van der Waals surface area contributed by atoms with Crippen LogP contribution in [-0.4, -0.2) is 19.5 Å². The summed E-state index contributed by atoms with van der Waals surface area (Å²) in [6.45, 7) is 4.56. The van der Waals surface area contributed by atoms with Crippen LogP contribution in [0.5, 0.6) is 0 Å². The Morgan fingerprint density at radius 3 is 2.80 bits per heavy atom. The third-order valence-corrected chi connectivity index (χ3v) is 4.20. The quantitative estimate of drug-likeness (QED) is 0.677. The van der Waals surface area contributed by atoms with Crippen molar-refractivity contribution in [2.24, 2.45) is 0 Å². The van der Waals surface area contributed by atoms with E-state index in [0.717, 1.165) is 22.0 Å². The van der Waals surface area contributed by atoms with Gasteiger partial charge in [-0.25, -0.2) is 15.0 Å². The maximum absolute atomic E-state index is 6.23. The van der Waals surface area contributed by atoms with Crippen LogP contribution >= 0.6 is 34.5 Å². The molecule has 104 valence electrons. The van der Waals surface area contributed by atoms with Crippen LogP contribution in [0, 0.1) is 6.92 Å². The van der Waals surface area contributed by atoms with E-state index in [-0.39, 0.29) is 5.38 Å². The van der Waals surface area contributed by atoms with Crippen molar-refractivity contribution in [3.8, 4) is 0 Å². The monoisotopic (exact) mass is 326 g/mol. The number of hydrogen-bond donors (Lipinski definition) is 0. The first-order valence-electron chi connectivity index (χ1n) is 6.11. The fraction of sp³-hybridized carbons (Fsp3) is 0.308. The lowest BCUT2D eigenvalue weighted by molar-refractivity contribution is 0.732. The minimum atomic E-state index is -0.205. The van der Waals surface area contributed by atoms with Crippen molar-refractivity contribution in [2.75, 3.05) is 0 Å². The van der Waals surface area contributed by atoms with Gasteiger partial charge in [-0.3, -0.25) is 0 Å². The molecule has 20 heavy (non-hydrogen) atoms. The molecule has 0 fully saturated rings. The van der Waals surface area contributed by atoms with Gasteiger partial charge in [-0.1, -0.05) is 11.6 Å². The summed E-state index contributed by atoms with van der Waals surface area (Å²) in [7, 11) is 0. The number of fused-ring (bicyclic) bond motifs is 1. The minimum Gasteiger partial charge on any atom is -0.305 e. The third-order valence-electron chi connectivity index (χ3n) is 2.90. The van der Waals surface area contributed by atoms with Crippen molar-refractivity contribution in [1.82, 2.24) is 19.5 Å². The summed E-state index contributed by atoms with van der Waals surface area (Å²) in [5.74, 6) is 0.782. The Morgan fingerprint density at radius 1 is 1.35 bits per heavy atom. The molecule has 0 N–H and O–H groups in total. The molecule has 1 atom stereocenters. The van der Waals surface area contributed by atoms with Gasteiger partial charge in [0.2, 0.25) is 0 Å². The van der Waals surface area contributed by atoms with Crippen LogP contribution in [0.2, 0.25) is 5.02 Å². The number of nitrogens with zero attached hydrogens (tertiary/aromatic N) is 4. The van der Waals surface area contributed by atoms with Gasteiger partial charge in [-0.05, 0) is 19.9 Å². The first-order chi connectivity index (χ1) is 9.54. The predicted molar refractivity (Wildman–Crippen MR) is 82.8 cm³/mol. The van der Waals surface area contributed by atoms with Crippen molar-refractivity contribution in [1.29, 1.82) is 0 Å². The largest absolute Gasteiger partial charge is 0.305 e. The van der Waals surface area contributed by atoms with E-state index in [4.69, 9.17) is 23.2 Å². The van der Waals surface area contributed by atoms with Crippen molar-refractivity contribution < 1.29 is 0 Å². The van der Waals surface area contributed by atoms with E-state index < -0.39 is 0 Å². The van der Waals surface area contributed by atoms with Crippen LogP contribution in [0.15, 0.2) is 18.5 Å². The molecule has 0 saturated carbocycles. The SMILES string of the molecule is Cc1cnc(Cn2c(C(C)Cl)nc3cc(Cl)cnc32)s1. The Bertz CT molecular complexity index is 763. The Kier molecular flexibility index (Phi) is 3.67. The zero-order valence-corrected chi connectivity index (χ0v) is 13.3. The van der Waals surface area contributed by atoms with E-state index in [9.17, 15) is 0 Å². The maximum Gasteiger partial charge on any atom is 0.160 e. The first kappa shape index (κ1) is 13.8.